The van der Waals surface area contributed by atoms with Crippen molar-refractivity contribution in [3.8, 4) is 0 Å². The summed E-state index contributed by atoms with van der Waals surface area (Å²) in [5.41, 5.74) is 0. The van der Waals surface area contributed by atoms with Crippen LogP contribution in [-0.4, -0.2) is 13.2 Å². The van der Waals surface area contributed by atoms with Crippen LogP contribution in [0.4, 0.5) is 0 Å². The standard InChI is InChI=1S/C6H11O4P/c1-2-4-8-11(7)9-5-3-6-10-11/h2,4H,3,5-6H2,1H3. The van der Waals surface area contributed by atoms with E-state index in [2.05, 4.69) is 0 Å². The summed E-state index contributed by atoms with van der Waals surface area (Å²) in [5.74, 6) is 0. The molecule has 0 bridgehead atoms. The molecule has 64 valence electrons. The van der Waals surface area contributed by atoms with Gasteiger partial charge < -0.3 is 4.52 Å². The molecule has 5 heteroatoms. The van der Waals surface area contributed by atoms with Gasteiger partial charge in [-0.15, -0.1) is 0 Å². The summed E-state index contributed by atoms with van der Waals surface area (Å²) >= 11 is 0. The zero-order chi connectivity index (χ0) is 8.16. The Labute approximate surface area is 65.8 Å². The maximum Gasteiger partial charge on any atom is 0.529 e. The number of phosphoric acid groups is 1. The summed E-state index contributed by atoms with van der Waals surface area (Å²) < 4.78 is 25.7. The third-order valence-corrected chi connectivity index (χ3v) is 2.49. The van der Waals surface area contributed by atoms with E-state index in [9.17, 15) is 4.57 Å². The number of hydrogen-bond acceptors (Lipinski definition) is 4. The van der Waals surface area contributed by atoms with Crippen LogP contribution in [0.25, 0.3) is 0 Å². The second kappa shape index (κ2) is 3.90. The largest absolute Gasteiger partial charge is 0.529 e. The Morgan fingerprint density at radius 2 is 2.09 bits per heavy atom. The molecule has 1 aliphatic rings. The smallest absolute Gasteiger partial charge is 0.412 e. The van der Waals surface area contributed by atoms with Crippen molar-refractivity contribution in [2.45, 2.75) is 13.3 Å². The van der Waals surface area contributed by atoms with Crippen LogP contribution < -0.4 is 0 Å². The van der Waals surface area contributed by atoms with Gasteiger partial charge in [-0.1, -0.05) is 6.08 Å². The number of allylic oxidation sites excluding steroid dienone is 1. The molecule has 1 heterocycles. The molecule has 0 radical (unpaired) electrons. The highest BCUT2D eigenvalue weighted by molar-refractivity contribution is 7.48. The van der Waals surface area contributed by atoms with E-state index < -0.39 is 7.82 Å². The average Bonchev–Trinajstić information content (AvgIpc) is 2.03. The molecule has 0 unspecified atom stereocenters. The normalized spacial score (nSPS) is 23.7. The second-order valence-electron chi connectivity index (χ2n) is 2.04. The van der Waals surface area contributed by atoms with Crippen LogP contribution in [-0.2, 0) is 18.1 Å². The third-order valence-electron chi connectivity index (χ3n) is 1.11. The fourth-order valence-corrected chi connectivity index (χ4v) is 1.82. The zero-order valence-electron chi connectivity index (χ0n) is 6.36. The maximum absolute atomic E-state index is 11.3. The van der Waals surface area contributed by atoms with Gasteiger partial charge >= 0.3 is 7.82 Å². The lowest BCUT2D eigenvalue weighted by Crippen LogP contribution is -2.08. The van der Waals surface area contributed by atoms with Gasteiger partial charge in [0.05, 0.1) is 19.5 Å². The summed E-state index contributed by atoms with van der Waals surface area (Å²) in [5, 5.41) is 0. The van der Waals surface area contributed by atoms with Crippen LogP contribution in [0.3, 0.4) is 0 Å². The molecule has 1 aliphatic heterocycles. The Hall–Kier alpha value is -0.310. The first kappa shape index (κ1) is 8.78. The van der Waals surface area contributed by atoms with Crippen molar-refractivity contribution in [3.63, 3.8) is 0 Å². The SMILES string of the molecule is CC=COP1(=O)OCCCO1. The lowest BCUT2D eigenvalue weighted by Gasteiger charge is -2.20. The van der Waals surface area contributed by atoms with Crippen LogP contribution in [0.2, 0.25) is 0 Å². The van der Waals surface area contributed by atoms with Gasteiger partial charge in [0.25, 0.3) is 0 Å². The fraction of sp³-hybridized carbons (Fsp3) is 0.667. The van der Waals surface area contributed by atoms with Gasteiger partial charge in [-0.05, 0) is 13.3 Å². The van der Waals surface area contributed by atoms with Gasteiger partial charge in [-0.25, -0.2) is 4.57 Å². The van der Waals surface area contributed by atoms with E-state index in [0.29, 0.717) is 13.2 Å². The zero-order valence-corrected chi connectivity index (χ0v) is 7.25. The van der Waals surface area contributed by atoms with Gasteiger partial charge in [-0.2, -0.15) is 0 Å². The van der Waals surface area contributed by atoms with E-state index in [1.54, 1.807) is 13.0 Å². The predicted octanol–water partition coefficient (Wildman–Crippen LogP) is 2.08. The lowest BCUT2D eigenvalue weighted by atomic mass is 10.5. The molecule has 1 fully saturated rings. The molecule has 0 saturated carbocycles. The van der Waals surface area contributed by atoms with Crippen LogP contribution in [0.5, 0.6) is 0 Å². The summed E-state index contributed by atoms with van der Waals surface area (Å²) in [6.07, 6.45) is 3.70. The minimum Gasteiger partial charge on any atom is -0.412 e. The Balaban J connectivity index is 2.44. The van der Waals surface area contributed by atoms with Gasteiger partial charge in [0, 0.05) is 0 Å². The van der Waals surface area contributed by atoms with E-state index in [0.717, 1.165) is 6.42 Å². The Morgan fingerprint density at radius 3 is 2.64 bits per heavy atom. The molecule has 1 saturated heterocycles. The van der Waals surface area contributed by atoms with Crippen molar-refractivity contribution in [2.75, 3.05) is 13.2 Å². The summed E-state index contributed by atoms with van der Waals surface area (Å²) in [6.45, 7) is 2.64. The molecule has 0 aliphatic carbocycles. The Morgan fingerprint density at radius 1 is 1.45 bits per heavy atom. The monoisotopic (exact) mass is 178 g/mol. The average molecular weight is 178 g/mol. The van der Waals surface area contributed by atoms with Crippen molar-refractivity contribution < 1.29 is 18.1 Å². The molecule has 0 atom stereocenters. The summed E-state index contributed by atoms with van der Waals surface area (Å²) in [4.78, 5) is 0. The first-order valence-corrected chi connectivity index (χ1v) is 4.91. The predicted molar refractivity (Wildman–Crippen MR) is 40.0 cm³/mol. The van der Waals surface area contributed by atoms with Crippen molar-refractivity contribution in [3.05, 3.63) is 12.3 Å². The highest BCUT2D eigenvalue weighted by atomic mass is 31.2. The molecular formula is C6H11O4P. The van der Waals surface area contributed by atoms with Crippen LogP contribution in [0, 0.1) is 0 Å². The summed E-state index contributed by atoms with van der Waals surface area (Å²) in [7, 11) is -3.22. The lowest BCUT2D eigenvalue weighted by molar-refractivity contribution is 0.0965. The molecule has 0 aromatic rings. The molecule has 0 aromatic carbocycles. The van der Waals surface area contributed by atoms with Crippen molar-refractivity contribution in [2.24, 2.45) is 0 Å². The highest BCUT2D eigenvalue weighted by Gasteiger charge is 2.29. The van der Waals surface area contributed by atoms with Crippen LogP contribution in [0.1, 0.15) is 13.3 Å². The molecular weight excluding hydrogens is 167 g/mol. The van der Waals surface area contributed by atoms with Gasteiger partial charge in [-0.3, -0.25) is 9.05 Å². The number of rotatable bonds is 2. The topological polar surface area (TPSA) is 44.8 Å². The Kier molecular flexibility index (Phi) is 3.12. The number of hydrogen-bond donors (Lipinski definition) is 0. The minimum absolute atomic E-state index is 0.439. The molecule has 0 spiro atoms. The van der Waals surface area contributed by atoms with E-state index in [1.165, 1.54) is 6.26 Å². The molecule has 0 amide bonds. The van der Waals surface area contributed by atoms with Crippen molar-refractivity contribution in [1.29, 1.82) is 0 Å². The quantitative estimate of drug-likeness (QED) is 0.479. The first-order valence-electron chi connectivity index (χ1n) is 3.45. The molecule has 1 rings (SSSR count). The maximum atomic E-state index is 11.3. The fourth-order valence-electron chi connectivity index (χ4n) is 0.645. The van der Waals surface area contributed by atoms with Gasteiger partial charge in [0.2, 0.25) is 0 Å². The van der Waals surface area contributed by atoms with E-state index in [1.807, 2.05) is 0 Å². The summed E-state index contributed by atoms with van der Waals surface area (Å²) in [6, 6.07) is 0. The van der Waals surface area contributed by atoms with E-state index >= 15 is 0 Å². The first-order chi connectivity index (χ1) is 5.27. The second-order valence-corrected chi connectivity index (χ2v) is 3.66. The molecule has 0 aromatic heterocycles. The highest BCUT2D eigenvalue weighted by Crippen LogP contribution is 2.51. The van der Waals surface area contributed by atoms with Crippen LogP contribution >= 0.6 is 7.82 Å². The van der Waals surface area contributed by atoms with Crippen molar-refractivity contribution >= 4 is 7.82 Å². The van der Waals surface area contributed by atoms with Crippen molar-refractivity contribution in [1.82, 2.24) is 0 Å². The Bertz CT molecular complexity index is 179. The van der Waals surface area contributed by atoms with Gasteiger partial charge in [0.1, 0.15) is 0 Å². The van der Waals surface area contributed by atoms with E-state index in [4.69, 9.17) is 13.6 Å². The number of phosphoric ester groups is 1. The van der Waals surface area contributed by atoms with E-state index in [-0.39, 0.29) is 0 Å². The van der Waals surface area contributed by atoms with Gasteiger partial charge in [0.15, 0.2) is 0 Å². The molecule has 11 heavy (non-hydrogen) atoms. The van der Waals surface area contributed by atoms with Crippen LogP contribution in [0.15, 0.2) is 12.3 Å². The molecule has 0 N–H and O–H groups in total. The third kappa shape index (κ3) is 2.66. The minimum atomic E-state index is -3.22. The molecule has 4 nitrogen and oxygen atoms in total.